The van der Waals surface area contributed by atoms with Crippen LogP contribution in [0.3, 0.4) is 0 Å². The molecule has 0 atom stereocenters. The molecule has 0 saturated carbocycles. The van der Waals surface area contributed by atoms with Crippen LogP contribution in [0.4, 0.5) is 0 Å². The summed E-state index contributed by atoms with van der Waals surface area (Å²) in [5.41, 5.74) is -0.182. The molecule has 0 aliphatic carbocycles. The zero-order valence-corrected chi connectivity index (χ0v) is 13.6. The first-order chi connectivity index (χ1) is 10.8. The van der Waals surface area contributed by atoms with Gasteiger partial charge in [0.1, 0.15) is 0 Å². The molecule has 0 aromatic heterocycles. The van der Waals surface area contributed by atoms with Crippen molar-refractivity contribution in [2.24, 2.45) is 0 Å². The monoisotopic (exact) mass is 325 g/mol. The Balaban J connectivity index is 2.93. The van der Waals surface area contributed by atoms with E-state index < -0.39 is 18.1 Å². The van der Waals surface area contributed by atoms with Gasteiger partial charge in [-0.3, -0.25) is 4.79 Å². The Kier molecular flexibility index (Phi) is 6.84. The number of nitrogens with one attached hydrogen (secondary N) is 1. The highest BCUT2D eigenvalue weighted by Crippen LogP contribution is 2.28. The second kappa shape index (κ2) is 8.38. The van der Waals surface area contributed by atoms with Crippen molar-refractivity contribution in [2.45, 2.75) is 32.7 Å². The Morgan fingerprint density at radius 1 is 1.22 bits per heavy atom. The molecule has 0 fully saturated rings. The molecule has 0 radical (unpaired) electrons. The van der Waals surface area contributed by atoms with E-state index in [1.165, 1.54) is 18.2 Å². The number of hydrogen-bond donors (Lipinski definition) is 3. The number of ether oxygens (including phenoxy) is 2. The highest BCUT2D eigenvalue weighted by Gasteiger charge is 2.21. The van der Waals surface area contributed by atoms with Crippen molar-refractivity contribution in [1.82, 2.24) is 5.32 Å². The molecule has 23 heavy (non-hydrogen) atoms. The van der Waals surface area contributed by atoms with Gasteiger partial charge >= 0.3 is 5.97 Å². The van der Waals surface area contributed by atoms with E-state index in [-0.39, 0.29) is 18.3 Å². The molecule has 7 heteroatoms. The standard InChI is InChI=1S/C16H23NO6/c1-4-22-13-9-11(5-6-12(13)23-10-14(19)20)15(21)17-16(2,3)7-8-18/h5-6,9,18H,4,7-8,10H2,1-3H3,(H,17,21)(H,19,20). The van der Waals surface area contributed by atoms with E-state index in [1.807, 2.05) is 13.8 Å². The van der Waals surface area contributed by atoms with Crippen molar-refractivity contribution >= 4 is 11.9 Å². The topological polar surface area (TPSA) is 105 Å². The van der Waals surface area contributed by atoms with Crippen LogP contribution in [0, 0.1) is 0 Å². The average Bonchev–Trinajstić information content (AvgIpc) is 2.45. The van der Waals surface area contributed by atoms with Crippen molar-refractivity contribution < 1.29 is 29.3 Å². The van der Waals surface area contributed by atoms with Crippen LogP contribution in [0.1, 0.15) is 37.6 Å². The molecule has 1 rings (SSSR count). The molecule has 0 heterocycles. The maximum absolute atomic E-state index is 12.3. The van der Waals surface area contributed by atoms with Crippen LogP contribution in [0.5, 0.6) is 11.5 Å². The highest BCUT2D eigenvalue weighted by molar-refractivity contribution is 5.95. The maximum atomic E-state index is 12.3. The Hall–Kier alpha value is -2.28. The molecule has 0 aliphatic heterocycles. The average molecular weight is 325 g/mol. The third kappa shape index (κ3) is 6.15. The summed E-state index contributed by atoms with van der Waals surface area (Å²) in [6.45, 7) is 5.24. The van der Waals surface area contributed by atoms with Gasteiger partial charge in [0.15, 0.2) is 18.1 Å². The summed E-state index contributed by atoms with van der Waals surface area (Å²) < 4.78 is 10.5. The molecule has 7 nitrogen and oxygen atoms in total. The Morgan fingerprint density at radius 3 is 2.48 bits per heavy atom. The first-order valence-electron chi connectivity index (χ1n) is 7.34. The summed E-state index contributed by atoms with van der Waals surface area (Å²) >= 11 is 0. The molecular formula is C16H23NO6. The first-order valence-corrected chi connectivity index (χ1v) is 7.34. The summed E-state index contributed by atoms with van der Waals surface area (Å²) in [4.78, 5) is 22.9. The lowest BCUT2D eigenvalue weighted by molar-refractivity contribution is -0.139. The molecule has 128 valence electrons. The number of benzene rings is 1. The summed E-state index contributed by atoms with van der Waals surface area (Å²) in [7, 11) is 0. The fraction of sp³-hybridized carbons (Fsp3) is 0.500. The van der Waals surface area contributed by atoms with E-state index in [4.69, 9.17) is 19.7 Å². The number of carbonyl (C=O) groups excluding carboxylic acids is 1. The van der Waals surface area contributed by atoms with Crippen LogP contribution in [-0.4, -0.2) is 47.4 Å². The minimum absolute atomic E-state index is 0.0283. The predicted molar refractivity (Wildman–Crippen MR) is 84.0 cm³/mol. The van der Waals surface area contributed by atoms with Crippen LogP contribution >= 0.6 is 0 Å². The molecule has 0 aliphatic rings. The Labute approximate surface area is 135 Å². The molecule has 1 aromatic carbocycles. The van der Waals surface area contributed by atoms with Crippen LogP contribution in [0.2, 0.25) is 0 Å². The minimum atomic E-state index is -1.10. The van der Waals surface area contributed by atoms with Crippen molar-refractivity contribution in [1.29, 1.82) is 0 Å². The van der Waals surface area contributed by atoms with Gasteiger partial charge in [-0.15, -0.1) is 0 Å². The van der Waals surface area contributed by atoms with E-state index in [1.54, 1.807) is 6.92 Å². The SMILES string of the molecule is CCOc1cc(C(=O)NC(C)(C)CCO)ccc1OCC(=O)O. The Morgan fingerprint density at radius 2 is 1.91 bits per heavy atom. The number of rotatable bonds is 9. The summed E-state index contributed by atoms with van der Waals surface area (Å²) in [5.74, 6) is -0.837. The van der Waals surface area contributed by atoms with Crippen LogP contribution < -0.4 is 14.8 Å². The molecular weight excluding hydrogens is 302 g/mol. The molecule has 3 N–H and O–H groups in total. The van der Waals surface area contributed by atoms with Crippen molar-refractivity contribution in [3.05, 3.63) is 23.8 Å². The third-order valence-electron chi connectivity index (χ3n) is 3.05. The second-order valence-electron chi connectivity index (χ2n) is 5.59. The maximum Gasteiger partial charge on any atom is 0.341 e. The zero-order chi connectivity index (χ0) is 17.5. The van der Waals surface area contributed by atoms with Gasteiger partial charge in [-0.1, -0.05) is 0 Å². The van der Waals surface area contributed by atoms with Gasteiger partial charge in [-0.2, -0.15) is 0 Å². The first kappa shape index (κ1) is 18.8. The van der Waals surface area contributed by atoms with E-state index in [0.29, 0.717) is 24.3 Å². The molecule has 1 amide bonds. The minimum Gasteiger partial charge on any atom is -0.490 e. The summed E-state index contributed by atoms with van der Waals surface area (Å²) in [5, 5.41) is 20.5. The van der Waals surface area contributed by atoms with Crippen LogP contribution in [0.25, 0.3) is 0 Å². The van der Waals surface area contributed by atoms with Crippen molar-refractivity contribution in [2.75, 3.05) is 19.8 Å². The van der Waals surface area contributed by atoms with Gasteiger partial charge in [-0.25, -0.2) is 4.79 Å². The number of aliphatic hydroxyl groups excluding tert-OH is 1. The lowest BCUT2D eigenvalue weighted by Crippen LogP contribution is -2.44. The normalized spacial score (nSPS) is 11.0. The summed E-state index contributed by atoms with van der Waals surface area (Å²) in [6, 6.07) is 4.54. The molecule has 0 saturated heterocycles. The van der Waals surface area contributed by atoms with Gasteiger partial charge in [0.2, 0.25) is 0 Å². The van der Waals surface area contributed by atoms with E-state index in [9.17, 15) is 9.59 Å². The van der Waals surface area contributed by atoms with E-state index in [0.717, 1.165) is 0 Å². The number of hydrogen-bond acceptors (Lipinski definition) is 5. The van der Waals surface area contributed by atoms with Gasteiger partial charge in [0.25, 0.3) is 5.91 Å². The lowest BCUT2D eigenvalue weighted by Gasteiger charge is -2.25. The zero-order valence-electron chi connectivity index (χ0n) is 13.6. The number of carboxylic acid groups (broad SMARTS) is 1. The number of amides is 1. The molecule has 1 aromatic rings. The fourth-order valence-corrected chi connectivity index (χ4v) is 1.90. The number of carboxylic acids is 1. The van der Waals surface area contributed by atoms with E-state index in [2.05, 4.69) is 5.32 Å². The van der Waals surface area contributed by atoms with Crippen LogP contribution in [-0.2, 0) is 4.79 Å². The Bertz CT molecular complexity index is 556. The van der Waals surface area contributed by atoms with Gasteiger partial charge < -0.3 is 25.0 Å². The quantitative estimate of drug-likeness (QED) is 0.634. The second-order valence-corrected chi connectivity index (χ2v) is 5.59. The number of aliphatic carboxylic acids is 1. The lowest BCUT2D eigenvalue weighted by atomic mass is 10.0. The van der Waals surface area contributed by atoms with Gasteiger partial charge in [0, 0.05) is 17.7 Å². The molecule has 0 bridgehead atoms. The molecule has 0 spiro atoms. The number of aliphatic hydroxyl groups is 1. The summed E-state index contributed by atoms with van der Waals surface area (Å²) in [6.07, 6.45) is 0.427. The fourth-order valence-electron chi connectivity index (χ4n) is 1.90. The number of carbonyl (C=O) groups is 2. The highest BCUT2D eigenvalue weighted by atomic mass is 16.5. The largest absolute Gasteiger partial charge is 0.490 e. The molecule has 0 unspecified atom stereocenters. The van der Waals surface area contributed by atoms with Crippen molar-refractivity contribution in [3.8, 4) is 11.5 Å². The third-order valence-corrected chi connectivity index (χ3v) is 3.05. The van der Waals surface area contributed by atoms with Crippen molar-refractivity contribution in [3.63, 3.8) is 0 Å². The smallest absolute Gasteiger partial charge is 0.341 e. The predicted octanol–water partition coefficient (Wildman–Crippen LogP) is 1.44. The van der Waals surface area contributed by atoms with Gasteiger partial charge in [0.05, 0.1) is 6.61 Å². The van der Waals surface area contributed by atoms with E-state index >= 15 is 0 Å². The van der Waals surface area contributed by atoms with Gasteiger partial charge in [-0.05, 0) is 45.4 Å². The van der Waals surface area contributed by atoms with Crippen LogP contribution in [0.15, 0.2) is 18.2 Å².